The van der Waals surface area contributed by atoms with Crippen molar-refractivity contribution in [2.24, 2.45) is 0 Å². The predicted molar refractivity (Wildman–Crippen MR) is 127 cm³/mol. The smallest absolute Gasteiger partial charge is 0.114 e. The molecule has 1 saturated heterocycles. The first-order valence-corrected chi connectivity index (χ1v) is 13.1. The van der Waals surface area contributed by atoms with Gasteiger partial charge < -0.3 is 24.8 Å². The molecule has 0 amide bonds. The lowest BCUT2D eigenvalue weighted by Crippen LogP contribution is -2.41. The highest BCUT2D eigenvalue weighted by molar-refractivity contribution is 4.90. The van der Waals surface area contributed by atoms with Crippen molar-refractivity contribution >= 4 is 0 Å². The number of aliphatic hydroxyl groups excluding tert-OH is 3. The number of hydrogen-bond donors (Lipinski definition) is 3. The molecule has 5 nitrogen and oxygen atoms in total. The average Bonchev–Trinajstić information content (AvgIpc) is 3.15. The molecule has 0 radical (unpaired) electrons. The van der Waals surface area contributed by atoms with E-state index in [-0.39, 0.29) is 6.61 Å². The zero-order chi connectivity index (χ0) is 22.6. The van der Waals surface area contributed by atoms with Crippen molar-refractivity contribution < 1.29 is 24.8 Å². The molecule has 184 valence electrons. The van der Waals surface area contributed by atoms with Crippen LogP contribution in [0.4, 0.5) is 0 Å². The maximum atomic E-state index is 10.1. The van der Waals surface area contributed by atoms with E-state index in [1.165, 1.54) is 96.3 Å². The van der Waals surface area contributed by atoms with Gasteiger partial charge in [-0.3, -0.25) is 0 Å². The minimum absolute atomic E-state index is 0.246. The van der Waals surface area contributed by atoms with Crippen LogP contribution in [-0.4, -0.2) is 59.6 Å². The van der Waals surface area contributed by atoms with Crippen molar-refractivity contribution in [2.75, 3.05) is 19.8 Å². The largest absolute Gasteiger partial charge is 0.394 e. The van der Waals surface area contributed by atoms with Gasteiger partial charge in [-0.25, -0.2) is 0 Å². The fraction of sp³-hybridized carbons (Fsp3) is 0.923. The van der Waals surface area contributed by atoms with Gasteiger partial charge in [0, 0.05) is 0 Å². The maximum absolute atomic E-state index is 10.1. The second kappa shape index (κ2) is 20.2. The summed E-state index contributed by atoms with van der Waals surface area (Å²) in [5.74, 6) is 0. The van der Waals surface area contributed by atoms with Crippen LogP contribution in [0.1, 0.15) is 110 Å². The van der Waals surface area contributed by atoms with E-state index in [0.717, 1.165) is 6.42 Å². The lowest BCUT2D eigenvalue weighted by molar-refractivity contribution is -0.0716. The summed E-state index contributed by atoms with van der Waals surface area (Å²) in [5, 5.41) is 28.6. The van der Waals surface area contributed by atoms with E-state index in [4.69, 9.17) is 14.6 Å². The van der Waals surface area contributed by atoms with Crippen molar-refractivity contribution in [3.8, 4) is 0 Å². The normalized spacial score (nSPS) is 22.5. The molecule has 0 aromatic rings. The van der Waals surface area contributed by atoms with Gasteiger partial charge in [-0.1, -0.05) is 109 Å². The van der Waals surface area contributed by atoms with Gasteiger partial charge in [-0.05, 0) is 12.8 Å². The molecule has 0 unspecified atom stereocenters. The number of hydrogen-bond acceptors (Lipinski definition) is 5. The molecule has 3 N–H and O–H groups in total. The Morgan fingerprint density at radius 2 is 1.35 bits per heavy atom. The summed E-state index contributed by atoms with van der Waals surface area (Å²) in [7, 11) is 0. The molecule has 4 atom stereocenters. The van der Waals surface area contributed by atoms with E-state index < -0.39 is 31.0 Å². The summed E-state index contributed by atoms with van der Waals surface area (Å²) >= 11 is 0. The molecule has 0 spiro atoms. The summed E-state index contributed by atoms with van der Waals surface area (Å²) in [6.45, 7) is 2.54. The van der Waals surface area contributed by atoms with Crippen LogP contribution in [0.5, 0.6) is 0 Å². The Bertz CT molecular complexity index is 415. The van der Waals surface area contributed by atoms with Crippen molar-refractivity contribution in [1.82, 2.24) is 0 Å². The van der Waals surface area contributed by atoms with Gasteiger partial charge in [0.1, 0.15) is 24.4 Å². The third-order valence-corrected chi connectivity index (χ3v) is 6.28. The maximum Gasteiger partial charge on any atom is 0.114 e. The molecule has 31 heavy (non-hydrogen) atoms. The van der Waals surface area contributed by atoms with Gasteiger partial charge in [0.15, 0.2) is 0 Å². The van der Waals surface area contributed by atoms with Crippen molar-refractivity contribution in [2.45, 2.75) is 134 Å². The highest BCUT2D eigenvalue weighted by atomic mass is 16.6. The molecule has 0 aromatic carbocycles. The fourth-order valence-corrected chi connectivity index (χ4v) is 4.20. The molecule has 5 heteroatoms. The molecule has 0 aliphatic carbocycles. The van der Waals surface area contributed by atoms with Gasteiger partial charge in [-0.15, -0.1) is 0 Å². The molecule has 0 saturated carbocycles. The SMILES string of the molecule is CCCCCCCCCCCCCCCCC/C=C/CO[C@H]1CO[C@H]([C@H](O)CO)[C@@H]1O. The molecular weight excluding hydrogens is 392 g/mol. The first-order chi connectivity index (χ1) is 15.2. The quantitative estimate of drug-likeness (QED) is 0.166. The molecule has 0 aromatic heterocycles. The van der Waals surface area contributed by atoms with Crippen LogP contribution in [-0.2, 0) is 9.47 Å². The lowest BCUT2D eigenvalue weighted by atomic mass is 10.0. The van der Waals surface area contributed by atoms with E-state index >= 15 is 0 Å². The van der Waals surface area contributed by atoms with Crippen molar-refractivity contribution in [3.63, 3.8) is 0 Å². The second-order valence-electron chi connectivity index (χ2n) is 9.12. The summed E-state index contributed by atoms with van der Waals surface area (Å²) in [5.41, 5.74) is 0. The van der Waals surface area contributed by atoms with Gasteiger partial charge >= 0.3 is 0 Å². The Kier molecular flexibility index (Phi) is 18.6. The first-order valence-electron chi connectivity index (χ1n) is 13.1. The van der Waals surface area contributed by atoms with Crippen LogP contribution in [0, 0.1) is 0 Å². The van der Waals surface area contributed by atoms with E-state index in [0.29, 0.717) is 6.61 Å². The topological polar surface area (TPSA) is 79.2 Å². The van der Waals surface area contributed by atoms with Gasteiger partial charge in [-0.2, -0.15) is 0 Å². The number of ether oxygens (including phenoxy) is 2. The molecule has 0 bridgehead atoms. The molecule has 1 rings (SSSR count). The first kappa shape index (κ1) is 28.6. The molecule has 1 fully saturated rings. The van der Waals surface area contributed by atoms with Crippen LogP contribution < -0.4 is 0 Å². The fourth-order valence-electron chi connectivity index (χ4n) is 4.20. The third kappa shape index (κ3) is 14.3. The zero-order valence-corrected chi connectivity index (χ0v) is 20.1. The van der Waals surface area contributed by atoms with Crippen LogP contribution in [0.15, 0.2) is 12.2 Å². The summed E-state index contributed by atoms with van der Waals surface area (Å²) in [6.07, 6.45) is 22.8. The minimum Gasteiger partial charge on any atom is -0.394 e. The Balaban J connectivity index is 1.81. The number of rotatable bonds is 21. The van der Waals surface area contributed by atoms with E-state index in [1.807, 2.05) is 6.08 Å². The predicted octanol–water partition coefficient (Wildman–Crippen LogP) is 5.30. The Morgan fingerprint density at radius 3 is 1.87 bits per heavy atom. The standard InChI is InChI=1S/C26H50O5/c1-2-3-4-5-6-7-8-9-10-11-12-13-14-15-16-17-18-19-20-30-24-22-31-26(25(24)29)23(28)21-27/h18-19,23-29H,2-17,20-22H2,1H3/b19-18+/t23-,24+,25-,26-/m1/s1. The van der Waals surface area contributed by atoms with Gasteiger partial charge in [0.05, 0.1) is 19.8 Å². The van der Waals surface area contributed by atoms with Crippen LogP contribution in [0.2, 0.25) is 0 Å². The Labute approximate surface area is 191 Å². The summed E-state index contributed by atoms with van der Waals surface area (Å²) < 4.78 is 10.9. The van der Waals surface area contributed by atoms with Crippen molar-refractivity contribution in [3.05, 3.63) is 12.2 Å². The van der Waals surface area contributed by atoms with Gasteiger partial charge in [0.25, 0.3) is 0 Å². The molecular formula is C26H50O5. The monoisotopic (exact) mass is 442 g/mol. The Morgan fingerprint density at radius 1 is 0.839 bits per heavy atom. The number of unbranched alkanes of at least 4 members (excludes halogenated alkanes) is 15. The average molecular weight is 443 g/mol. The lowest BCUT2D eigenvalue weighted by Gasteiger charge is -2.20. The summed E-state index contributed by atoms with van der Waals surface area (Å²) in [4.78, 5) is 0. The van der Waals surface area contributed by atoms with Crippen molar-refractivity contribution in [1.29, 1.82) is 0 Å². The summed E-state index contributed by atoms with van der Waals surface area (Å²) in [6, 6.07) is 0. The number of aliphatic hydroxyl groups is 3. The van der Waals surface area contributed by atoms with E-state index in [1.54, 1.807) is 0 Å². The van der Waals surface area contributed by atoms with Crippen LogP contribution >= 0.6 is 0 Å². The third-order valence-electron chi connectivity index (χ3n) is 6.28. The number of allylic oxidation sites excluding steroid dienone is 1. The zero-order valence-electron chi connectivity index (χ0n) is 20.1. The minimum atomic E-state index is -1.07. The molecule has 1 aliphatic rings. The van der Waals surface area contributed by atoms with E-state index in [2.05, 4.69) is 13.0 Å². The van der Waals surface area contributed by atoms with E-state index in [9.17, 15) is 10.2 Å². The van der Waals surface area contributed by atoms with Gasteiger partial charge in [0.2, 0.25) is 0 Å². The Hall–Kier alpha value is -0.460. The van der Waals surface area contributed by atoms with Crippen LogP contribution in [0.25, 0.3) is 0 Å². The molecule has 1 heterocycles. The molecule has 1 aliphatic heterocycles. The second-order valence-corrected chi connectivity index (χ2v) is 9.12. The highest BCUT2D eigenvalue weighted by Gasteiger charge is 2.40. The van der Waals surface area contributed by atoms with Crippen LogP contribution in [0.3, 0.4) is 0 Å². The highest BCUT2D eigenvalue weighted by Crippen LogP contribution is 2.20.